The molecular weight excluding hydrogens is 294 g/mol. The van der Waals surface area contributed by atoms with Crippen molar-refractivity contribution in [2.24, 2.45) is 0 Å². The molecule has 2 aromatic heterocycles. The van der Waals surface area contributed by atoms with Gasteiger partial charge >= 0.3 is 5.97 Å². The fourth-order valence-electron chi connectivity index (χ4n) is 1.30. The molecule has 0 atom stereocenters. The number of halogens is 1. The van der Waals surface area contributed by atoms with Gasteiger partial charge in [0, 0.05) is 4.47 Å². The number of hydrogen-bond acceptors (Lipinski definition) is 5. The molecule has 84 valence electrons. The van der Waals surface area contributed by atoms with Crippen LogP contribution in [0.4, 0.5) is 0 Å². The molecule has 16 heavy (non-hydrogen) atoms. The molecule has 2 rings (SSSR count). The first-order valence-electron chi connectivity index (χ1n) is 4.41. The lowest BCUT2D eigenvalue weighted by Gasteiger charge is -1.97. The minimum absolute atomic E-state index is 0.0694. The first kappa shape index (κ1) is 11.3. The third-order valence-electron chi connectivity index (χ3n) is 2.16. The number of thiophene rings is 1. The number of carbonyl (C=O) groups is 1. The van der Waals surface area contributed by atoms with E-state index in [1.165, 1.54) is 7.11 Å². The van der Waals surface area contributed by atoms with Gasteiger partial charge in [0.05, 0.1) is 18.2 Å². The van der Waals surface area contributed by atoms with Crippen molar-refractivity contribution in [1.29, 1.82) is 0 Å². The summed E-state index contributed by atoms with van der Waals surface area (Å²) in [6, 6.07) is 1.75. The smallest absolute Gasteiger partial charge is 0.351 e. The van der Waals surface area contributed by atoms with E-state index in [0.717, 1.165) is 21.5 Å². The average Bonchev–Trinajstić information content (AvgIpc) is 2.56. The van der Waals surface area contributed by atoms with E-state index in [1.54, 1.807) is 6.07 Å². The molecule has 0 unspecified atom stereocenters. The van der Waals surface area contributed by atoms with Crippen molar-refractivity contribution in [3.63, 3.8) is 0 Å². The maximum atomic E-state index is 11.4. The van der Waals surface area contributed by atoms with Crippen LogP contribution >= 0.6 is 27.3 Å². The largest absolute Gasteiger partial charge is 0.505 e. The minimum Gasteiger partial charge on any atom is -0.505 e. The maximum Gasteiger partial charge on any atom is 0.351 e. The monoisotopic (exact) mass is 301 g/mol. The molecule has 4 nitrogen and oxygen atoms in total. The quantitative estimate of drug-likeness (QED) is 0.823. The molecule has 0 amide bonds. The standard InChI is InChI=1S/C10H8BrNO3S/c1-4-6(11)3-5-7(13)8(10(14)15-2)16-9(5)12-4/h3,13H,1-2H3. The zero-order chi connectivity index (χ0) is 11.9. The van der Waals surface area contributed by atoms with E-state index in [-0.39, 0.29) is 10.6 Å². The van der Waals surface area contributed by atoms with Gasteiger partial charge in [-0.25, -0.2) is 9.78 Å². The summed E-state index contributed by atoms with van der Waals surface area (Å²) in [5, 5.41) is 10.4. The van der Waals surface area contributed by atoms with E-state index < -0.39 is 5.97 Å². The van der Waals surface area contributed by atoms with E-state index in [0.29, 0.717) is 10.2 Å². The second-order valence-electron chi connectivity index (χ2n) is 3.18. The summed E-state index contributed by atoms with van der Waals surface area (Å²) in [7, 11) is 1.28. The minimum atomic E-state index is -0.547. The number of nitrogens with zero attached hydrogens (tertiary/aromatic N) is 1. The molecule has 2 aromatic rings. The third kappa shape index (κ3) is 1.68. The fourth-order valence-corrected chi connectivity index (χ4v) is 2.64. The van der Waals surface area contributed by atoms with Crippen molar-refractivity contribution in [1.82, 2.24) is 4.98 Å². The van der Waals surface area contributed by atoms with Crippen LogP contribution in [0.5, 0.6) is 5.75 Å². The molecule has 0 fully saturated rings. The second kappa shape index (κ2) is 4.03. The number of carbonyl (C=O) groups excluding carboxylic acids is 1. The number of fused-ring (bicyclic) bond motifs is 1. The Morgan fingerprint density at radius 3 is 2.94 bits per heavy atom. The van der Waals surface area contributed by atoms with Crippen LogP contribution in [0.15, 0.2) is 10.5 Å². The summed E-state index contributed by atoms with van der Waals surface area (Å²) in [5.74, 6) is -0.616. The number of hydrogen-bond donors (Lipinski definition) is 1. The number of rotatable bonds is 1. The first-order valence-corrected chi connectivity index (χ1v) is 6.02. The van der Waals surface area contributed by atoms with Crippen LogP contribution in [0, 0.1) is 6.92 Å². The summed E-state index contributed by atoms with van der Waals surface area (Å²) in [6.07, 6.45) is 0. The Hall–Kier alpha value is -1.14. The number of aromatic hydroxyl groups is 1. The lowest BCUT2D eigenvalue weighted by atomic mass is 10.2. The molecule has 0 saturated heterocycles. The fraction of sp³-hybridized carbons (Fsp3) is 0.200. The van der Waals surface area contributed by atoms with Crippen LogP contribution < -0.4 is 0 Å². The summed E-state index contributed by atoms with van der Waals surface area (Å²) in [6.45, 7) is 1.85. The summed E-state index contributed by atoms with van der Waals surface area (Å²) in [4.78, 5) is 16.4. The molecule has 0 spiro atoms. The number of pyridine rings is 1. The zero-order valence-electron chi connectivity index (χ0n) is 8.57. The highest BCUT2D eigenvalue weighted by Crippen LogP contribution is 2.37. The number of ether oxygens (including phenoxy) is 1. The lowest BCUT2D eigenvalue weighted by Crippen LogP contribution is -1.97. The molecule has 0 aliphatic rings. The van der Waals surface area contributed by atoms with E-state index in [9.17, 15) is 9.90 Å². The highest BCUT2D eigenvalue weighted by Gasteiger charge is 2.19. The van der Waals surface area contributed by atoms with E-state index in [4.69, 9.17) is 0 Å². The lowest BCUT2D eigenvalue weighted by molar-refractivity contribution is 0.0603. The molecule has 0 bridgehead atoms. The van der Waals surface area contributed by atoms with Gasteiger partial charge in [0.1, 0.15) is 4.83 Å². The predicted octanol–water partition coefficient (Wildman–Crippen LogP) is 2.86. The first-order chi connectivity index (χ1) is 7.54. The third-order valence-corrected chi connectivity index (χ3v) is 4.03. The molecule has 6 heteroatoms. The van der Waals surface area contributed by atoms with Gasteiger partial charge in [0.15, 0.2) is 10.6 Å². The maximum absolute atomic E-state index is 11.4. The van der Waals surface area contributed by atoms with Gasteiger partial charge in [0.2, 0.25) is 0 Å². The summed E-state index contributed by atoms with van der Waals surface area (Å²) >= 11 is 4.45. The Labute approximate surface area is 104 Å². The molecule has 1 N–H and O–H groups in total. The molecule has 2 heterocycles. The SMILES string of the molecule is COC(=O)c1sc2nc(C)c(Br)cc2c1O. The van der Waals surface area contributed by atoms with Gasteiger partial charge in [-0.05, 0) is 28.9 Å². The van der Waals surface area contributed by atoms with Crippen molar-refractivity contribution < 1.29 is 14.6 Å². The number of esters is 1. The Morgan fingerprint density at radius 2 is 2.31 bits per heavy atom. The Kier molecular flexibility index (Phi) is 2.86. The van der Waals surface area contributed by atoms with E-state index >= 15 is 0 Å². The second-order valence-corrected chi connectivity index (χ2v) is 5.03. The number of methoxy groups -OCH3 is 1. The van der Waals surface area contributed by atoms with Crippen LogP contribution in [0.2, 0.25) is 0 Å². The van der Waals surface area contributed by atoms with Gasteiger partial charge in [-0.15, -0.1) is 11.3 Å². The van der Waals surface area contributed by atoms with E-state index in [1.807, 2.05) is 6.92 Å². The highest BCUT2D eigenvalue weighted by molar-refractivity contribution is 9.10. The van der Waals surface area contributed by atoms with Gasteiger partial charge < -0.3 is 9.84 Å². The van der Waals surface area contributed by atoms with Crippen LogP contribution in [0.3, 0.4) is 0 Å². The van der Waals surface area contributed by atoms with Crippen molar-refractivity contribution in [2.45, 2.75) is 6.92 Å². The Morgan fingerprint density at radius 1 is 1.62 bits per heavy atom. The Balaban J connectivity index is 2.73. The molecule has 0 aromatic carbocycles. The molecular formula is C10H8BrNO3S. The highest BCUT2D eigenvalue weighted by atomic mass is 79.9. The van der Waals surface area contributed by atoms with Crippen LogP contribution in [-0.4, -0.2) is 23.2 Å². The molecule has 0 radical (unpaired) electrons. The predicted molar refractivity (Wildman–Crippen MR) is 65.1 cm³/mol. The van der Waals surface area contributed by atoms with Crippen LogP contribution in [0.25, 0.3) is 10.2 Å². The summed E-state index contributed by atoms with van der Waals surface area (Å²) in [5.41, 5.74) is 0.810. The topological polar surface area (TPSA) is 59.4 Å². The average molecular weight is 302 g/mol. The molecule has 0 aliphatic carbocycles. The molecule has 0 saturated carbocycles. The van der Waals surface area contributed by atoms with Crippen molar-refractivity contribution >= 4 is 43.5 Å². The zero-order valence-corrected chi connectivity index (χ0v) is 11.0. The van der Waals surface area contributed by atoms with E-state index in [2.05, 4.69) is 25.7 Å². The Bertz CT molecular complexity index is 579. The van der Waals surface area contributed by atoms with Crippen molar-refractivity contribution in [2.75, 3.05) is 7.11 Å². The van der Waals surface area contributed by atoms with Gasteiger partial charge in [-0.3, -0.25) is 0 Å². The summed E-state index contributed by atoms with van der Waals surface area (Å²) < 4.78 is 5.37. The van der Waals surface area contributed by atoms with Gasteiger partial charge in [-0.2, -0.15) is 0 Å². The number of aromatic nitrogens is 1. The van der Waals surface area contributed by atoms with Crippen LogP contribution in [0.1, 0.15) is 15.4 Å². The molecule has 0 aliphatic heterocycles. The van der Waals surface area contributed by atoms with Gasteiger partial charge in [0.25, 0.3) is 0 Å². The van der Waals surface area contributed by atoms with Crippen LogP contribution in [-0.2, 0) is 4.74 Å². The van der Waals surface area contributed by atoms with Gasteiger partial charge in [-0.1, -0.05) is 0 Å². The van der Waals surface area contributed by atoms with Crippen molar-refractivity contribution in [3.8, 4) is 5.75 Å². The normalized spacial score (nSPS) is 10.7. The van der Waals surface area contributed by atoms with Crippen molar-refractivity contribution in [3.05, 3.63) is 21.1 Å². The number of aryl methyl sites for hydroxylation is 1.